The molecule has 0 aliphatic carbocycles. The first-order valence-corrected chi connectivity index (χ1v) is 7.38. The fourth-order valence-corrected chi connectivity index (χ4v) is 2.98. The van der Waals surface area contributed by atoms with Crippen molar-refractivity contribution < 1.29 is 0 Å². The summed E-state index contributed by atoms with van der Waals surface area (Å²) in [7, 11) is 0. The topological polar surface area (TPSA) is 67.1 Å². The lowest BCUT2D eigenvalue weighted by Gasteiger charge is -2.32. The van der Waals surface area contributed by atoms with Crippen LogP contribution in [0, 0.1) is 0 Å². The quantitative estimate of drug-likeness (QED) is 0.645. The number of anilines is 2. The highest BCUT2D eigenvalue weighted by molar-refractivity contribution is 5.58. The maximum absolute atomic E-state index is 5.56. The molecule has 2 rings (SSSR count). The zero-order valence-electron chi connectivity index (χ0n) is 12.0. The zero-order chi connectivity index (χ0) is 13.7. The zero-order valence-corrected chi connectivity index (χ0v) is 12.0. The van der Waals surface area contributed by atoms with Crippen LogP contribution < -0.4 is 16.2 Å². The largest absolute Gasteiger partial charge is 0.353 e. The van der Waals surface area contributed by atoms with E-state index in [2.05, 4.69) is 34.1 Å². The van der Waals surface area contributed by atoms with Gasteiger partial charge in [0, 0.05) is 18.2 Å². The molecule has 19 heavy (non-hydrogen) atoms. The van der Waals surface area contributed by atoms with Gasteiger partial charge >= 0.3 is 0 Å². The molecule has 0 bridgehead atoms. The molecule has 0 saturated carbocycles. The summed E-state index contributed by atoms with van der Waals surface area (Å²) >= 11 is 0. The van der Waals surface area contributed by atoms with Gasteiger partial charge in [-0.25, -0.2) is 15.8 Å². The second-order valence-corrected chi connectivity index (χ2v) is 5.13. The van der Waals surface area contributed by atoms with E-state index in [4.69, 9.17) is 5.84 Å². The van der Waals surface area contributed by atoms with Gasteiger partial charge in [0.15, 0.2) is 0 Å². The van der Waals surface area contributed by atoms with Crippen LogP contribution in [0.1, 0.15) is 51.5 Å². The minimum absolute atomic E-state index is 0.591. The summed E-state index contributed by atoms with van der Waals surface area (Å²) < 4.78 is 0. The average molecular weight is 263 g/mol. The fraction of sp³-hybridized carbons (Fsp3) is 0.714. The number of nitrogens with two attached hydrogens (primary N) is 1. The Morgan fingerprint density at radius 2 is 2.16 bits per heavy atom. The second-order valence-electron chi connectivity index (χ2n) is 5.13. The number of nitrogens with one attached hydrogen (secondary N) is 1. The predicted molar refractivity (Wildman–Crippen MR) is 79.1 cm³/mol. The van der Waals surface area contributed by atoms with Crippen LogP contribution in [-0.2, 0) is 6.42 Å². The first kappa shape index (κ1) is 14.1. The number of nitrogen functional groups attached to an aromatic ring is 1. The molecular formula is C14H25N5. The van der Waals surface area contributed by atoms with E-state index in [9.17, 15) is 0 Å². The highest BCUT2D eigenvalue weighted by Crippen LogP contribution is 2.29. The van der Waals surface area contributed by atoms with E-state index < -0.39 is 0 Å². The number of aromatic nitrogens is 2. The van der Waals surface area contributed by atoms with Crippen molar-refractivity contribution in [3.63, 3.8) is 0 Å². The van der Waals surface area contributed by atoms with Crippen molar-refractivity contribution in [3.05, 3.63) is 11.9 Å². The Hall–Kier alpha value is -1.36. The van der Waals surface area contributed by atoms with Crippen molar-refractivity contribution in [2.75, 3.05) is 16.9 Å². The summed E-state index contributed by atoms with van der Waals surface area (Å²) in [4.78, 5) is 11.2. The smallest absolute Gasteiger partial charge is 0.148 e. The molecule has 1 aliphatic rings. The van der Waals surface area contributed by atoms with Crippen LogP contribution in [0.4, 0.5) is 11.6 Å². The highest BCUT2D eigenvalue weighted by atomic mass is 15.3. The fourth-order valence-electron chi connectivity index (χ4n) is 2.98. The van der Waals surface area contributed by atoms with E-state index >= 15 is 0 Å². The summed E-state index contributed by atoms with van der Waals surface area (Å²) in [5.41, 5.74) is 3.83. The van der Waals surface area contributed by atoms with Crippen molar-refractivity contribution in [1.29, 1.82) is 0 Å². The van der Waals surface area contributed by atoms with Gasteiger partial charge in [0.25, 0.3) is 0 Å². The molecule has 1 fully saturated rings. The Kier molecular flexibility index (Phi) is 4.96. The molecule has 0 aromatic carbocycles. The average Bonchev–Trinajstić information content (AvgIpc) is 2.71. The molecule has 1 aliphatic heterocycles. The van der Waals surface area contributed by atoms with Gasteiger partial charge in [0.2, 0.25) is 0 Å². The summed E-state index contributed by atoms with van der Waals surface area (Å²) in [5.74, 6) is 7.39. The van der Waals surface area contributed by atoms with Crippen LogP contribution in [-0.4, -0.2) is 22.6 Å². The molecular weight excluding hydrogens is 238 g/mol. The van der Waals surface area contributed by atoms with E-state index in [1.54, 1.807) is 6.33 Å². The molecule has 2 heterocycles. The maximum Gasteiger partial charge on any atom is 0.148 e. The van der Waals surface area contributed by atoms with E-state index in [0.717, 1.165) is 30.2 Å². The molecule has 1 aromatic rings. The van der Waals surface area contributed by atoms with Crippen LogP contribution in [0.5, 0.6) is 0 Å². The van der Waals surface area contributed by atoms with Crippen molar-refractivity contribution >= 4 is 11.6 Å². The Labute approximate surface area is 115 Å². The summed E-state index contributed by atoms with van der Waals surface area (Å²) in [6.07, 6.45) is 8.82. The van der Waals surface area contributed by atoms with Crippen LogP contribution in [0.3, 0.4) is 0 Å². The van der Waals surface area contributed by atoms with Crippen molar-refractivity contribution in [2.45, 2.75) is 58.4 Å². The van der Waals surface area contributed by atoms with Gasteiger partial charge in [-0.3, -0.25) is 0 Å². The van der Waals surface area contributed by atoms with Gasteiger partial charge in [0.1, 0.15) is 18.0 Å². The lowest BCUT2D eigenvalue weighted by atomic mass is 10.1. The van der Waals surface area contributed by atoms with Crippen LogP contribution in [0.25, 0.3) is 0 Å². The number of hydrogen-bond acceptors (Lipinski definition) is 5. The van der Waals surface area contributed by atoms with Gasteiger partial charge < -0.3 is 10.3 Å². The number of hydrazine groups is 1. The lowest BCUT2D eigenvalue weighted by molar-refractivity contribution is 0.550. The standard InChI is InChI=1S/C14H25N5/c1-3-11-8-6-5-7-9-19(11)14-12(4-2)13(18-15)16-10-17-14/h10-11H,3-9,15H2,1-2H3,(H,16,17,18). The van der Waals surface area contributed by atoms with Gasteiger partial charge in [0.05, 0.1) is 0 Å². The molecule has 3 N–H and O–H groups in total. The molecule has 0 spiro atoms. The third kappa shape index (κ3) is 2.97. The summed E-state index contributed by atoms with van der Waals surface area (Å²) in [5, 5.41) is 0. The molecule has 1 unspecified atom stereocenters. The first-order valence-electron chi connectivity index (χ1n) is 7.38. The Morgan fingerprint density at radius 1 is 1.32 bits per heavy atom. The van der Waals surface area contributed by atoms with E-state index in [0.29, 0.717) is 6.04 Å². The molecule has 1 aromatic heterocycles. The van der Waals surface area contributed by atoms with Crippen molar-refractivity contribution in [1.82, 2.24) is 9.97 Å². The molecule has 1 atom stereocenters. The van der Waals surface area contributed by atoms with Crippen molar-refractivity contribution in [3.8, 4) is 0 Å². The van der Waals surface area contributed by atoms with E-state index in [1.165, 1.54) is 32.1 Å². The molecule has 0 radical (unpaired) electrons. The third-order valence-electron chi connectivity index (χ3n) is 4.03. The third-order valence-corrected chi connectivity index (χ3v) is 4.03. The van der Waals surface area contributed by atoms with Gasteiger partial charge in [-0.1, -0.05) is 26.7 Å². The SMILES string of the molecule is CCc1c(NN)ncnc1N1CCCCCC1CC. The normalized spacial score (nSPS) is 20.2. The minimum atomic E-state index is 0.591. The summed E-state index contributed by atoms with van der Waals surface area (Å²) in [6, 6.07) is 0.591. The monoisotopic (exact) mass is 263 g/mol. The van der Waals surface area contributed by atoms with Crippen molar-refractivity contribution in [2.24, 2.45) is 5.84 Å². The number of rotatable bonds is 4. The molecule has 5 nitrogen and oxygen atoms in total. The van der Waals surface area contributed by atoms with Crippen LogP contribution in [0.15, 0.2) is 6.33 Å². The summed E-state index contributed by atoms with van der Waals surface area (Å²) in [6.45, 7) is 5.48. The first-order chi connectivity index (χ1) is 9.31. The van der Waals surface area contributed by atoms with Crippen LogP contribution in [0.2, 0.25) is 0 Å². The molecule has 0 amide bonds. The van der Waals surface area contributed by atoms with Gasteiger partial charge in [-0.15, -0.1) is 0 Å². The van der Waals surface area contributed by atoms with E-state index in [1.807, 2.05) is 0 Å². The highest BCUT2D eigenvalue weighted by Gasteiger charge is 2.23. The second kappa shape index (κ2) is 6.70. The molecule has 1 saturated heterocycles. The molecule has 106 valence electrons. The Balaban J connectivity index is 2.37. The van der Waals surface area contributed by atoms with E-state index in [-0.39, 0.29) is 0 Å². The minimum Gasteiger partial charge on any atom is -0.353 e. The van der Waals surface area contributed by atoms with Gasteiger partial charge in [-0.05, 0) is 25.7 Å². The molecule has 5 heteroatoms. The predicted octanol–water partition coefficient (Wildman–Crippen LogP) is 2.48. The maximum atomic E-state index is 5.56. The number of hydrogen-bond donors (Lipinski definition) is 2. The Bertz CT molecular complexity index is 407. The Morgan fingerprint density at radius 3 is 2.84 bits per heavy atom. The number of nitrogens with zero attached hydrogens (tertiary/aromatic N) is 3. The van der Waals surface area contributed by atoms with Gasteiger partial charge in [-0.2, -0.15) is 0 Å². The van der Waals surface area contributed by atoms with Crippen LogP contribution >= 0.6 is 0 Å². The lowest BCUT2D eigenvalue weighted by Crippen LogP contribution is -2.36.